The van der Waals surface area contributed by atoms with Crippen molar-refractivity contribution in [2.75, 3.05) is 0 Å². The van der Waals surface area contributed by atoms with Crippen LogP contribution in [0.3, 0.4) is 0 Å². The average Bonchev–Trinajstić information content (AvgIpc) is 2.51. The lowest BCUT2D eigenvalue weighted by molar-refractivity contribution is 0.602. The Morgan fingerprint density at radius 2 is 1.57 bits per heavy atom. The highest BCUT2D eigenvalue weighted by molar-refractivity contribution is 8.03. The van der Waals surface area contributed by atoms with E-state index in [1.54, 1.807) is 12.1 Å². The zero-order chi connectivity index (χ0) is 15.7. The number of aryl methyl sites for hydroxylation is 1. The molecule has 0 aliphatic carbocycles. The molecule has 0 aliphatic heterocycles. The summed E-state index contributed by atoms with van der Waals surface area (Å²) in [6, 6.07) is 13.0. The van der Waals surface area contributed by atoms with Crippen LogP contribution in [0.25, 0.3) is 12.2 Å². The van der Waals surface area contributed by atoms with Crippen LogP contribution in [0.4, 0.5) is 4.39 Å². The van der Waals surface area contributed by atoms with Gasteiger partial charge in [-0.25, -0.2) is 4.39 Å². The quantitative estimate of drug-likeness (QED) is 0.400. The van der Waals surface area contributed by atoms with Crippen molar-refractivity contribution in [3.63, 3.8) is 0 Å². The van der Waals surface area contributed by atoms with E-state index in [-0.39, 0.29) is 5.82 Å². The van der Waals surface area contributed by atoms with Gasteiger partial charge in [0, 0.05) is 0 Å². The molecule has 2 rings (SSSR count). The topological polar surface area (TPSA) is 23.8 Å². The number of thiocyanates is 1. The van der Waals surface area contributed by atoms with Crippen LogP contribution < -0.4 is 0 Å². The Labute approximate surface area is 130 Å². The number of rotatable bonds is 3. The minimum Gasteiger partial charge on any atom is -0.206 e. The van der Waals surface area contributed by atoms with Crippen molar-refractivity contribution in [3.8, 4) is 5.40 Å². The molecule has 0 atom stereocenters. The summed E-state index contributed by atoms with van der Waals surface area (Å²) in [5.41, 5.74) is 3.06. The van der Waals surface area contributed by atoms with E-state index in [1.807, 2.05) is 62.6 Å². The summed E-state index contributed by atoms with van der Waals surface area (Å²) in [5, 5.41) is 10.4. The van der Waals surface area contributed by atoms with Crippen LogP contribution in [0.2, 0.25) is 0 Å². The fourth-order valence-corrected chi connectivity index (χ4v) is 2.01. The van der Waals surface area contributed by atoms with E-state index in [0.29, 0.717) is 4.90 Å². The van der Waals surface area contributed by atoms with Gasteiger partial charge < -0.3 is 0 Å². The maximum Gasteiger partial charge on any atom is 0.138 e. The van der Waals surface area contributed by atoms with Crippen LogP contribution in [-0.4, -0.2) is 0 Å². The number of nitrogens with zero attached hydrogens (tertiary/aromatic N) is 1. The van der Waals surface area contributed by atoms with Gasteiger partial charge in [-0.1, -0.05) is 61.9 Å². The van der Waals surface area contributed by atoms with E-state index in [9.17, 15) is 4.39 Å². The van der Waals surface area contributed by atoms with Gasteiger partial charge in [0.25, 0.3) is 0 Å². The molecule has 0 radical (unpaired) electrons. The zero-order valence-corrected chi connectivity index (χ0v) is 13.2. The Bertz CT molecular complexity index is 639. The minimum atomic E-state index is -0.363. The van der Waals surface area contributed by atoms with Crippen molar-refractivity contribution < 1.29 is 4.39 Å². The van der Waals surface area contributed by atoms with E-state index >= 15 is 0 Å². The molecule has 0 aromatic heterocycles. The molecule has 0 N–H and O–H groups in total. The number of hydrogen-bond donors (Lipinski definition) is 0. The van der Waals surface area contributed by atoms with E-state index in [4.69, 9.17) is 5.26 Å². The minimum absolute atomic E-state index is 0.356. The smallest absolute Gasteiger partial charge is 0.138 e. The molecule has 0 heterocycles. The molecule has 0 unspecified atom stereocenters. The predicted octanol–water partition coefficient (Wildman–Crippen LogP) is 5.90. The van der Waals surface area contributed by atoms with E-state index < -0.39 is 0 Å². The summed E-state index contributed by atoms with van der Waals surface area (Å²) in [4.78, 5) is 0.356. The summed E-state index contributed by atoms with van der Waals surface area (Å²) in [6.07, 6.45) is 3.79. The molecule has 1 nitrogen and oxygen atoms in total. The predicted molar refractivity (Wildman–Crippen MR) is 89.3 cm³/mol. The lowest BCUT2D eigenvalue weighted by Gasteiger charge is -1.99. The first-order chi connectivity index (χ1) is 10.2. The highest BCUT2D eigenvalue weighted by Gasteiger charge is 2.02. The van der Waals surface area contributed by atoms with Gasteiger partial charge >= 0.3 is 0 Å². The number of benzene rings is 2. The molecule has 2 aromatic carbocycles. The summed E-state index contributed by atoms with van der Waals surface area (Å²) >= 11 is 0.833. The van der Waals surface area contributed by atoms with Crippen molar-refractivity contribution >= 4 is 23.9 Å². The third-order valence-electron chi connectivity index (χ3n) is 2.66. The second kappa shape index (κ2) is 8.99. The zero-order valence-electron chi connectivity index (χ0n) is 12.4. The van der Waals surface area contributed by atoms with Crippen molar-refractivity contribution in [1.29, 1.82) is 5.26 Å². The maximum absolute atomic E-state index is 13.6. The summed E-state index contributed by atoms with van der Waals surface area (Å²) in [7, 11) is 0. The highest BCUT2D eigenvalue weighted by atomic mass is 32.2. The van der Waals surface area contributed by atoms with Gasteiger partial charge in [0.15, 0.2) is 0 Å². The summed E-state index contributed by atoms with van der Waals surface area (Å²) < 4.78 is 13.6. The van der Waals surface area contributed by atoms with Crippen LogP contribution in [0.5, 0.6) is 0 Å². The molecular weight excluding hydrogens is 281 g/mol. The van der Waals surface area contributed by atoms with E-state index in [1.165, 1.54) is 11.6 Å². The lowest BCUT2D eigenvalue weighted by atomic mass is 10.1. The van der Waals surface area contributed by atoms with Crippen LogP contribution in [0.1, 0.15) is 30.5 Å². The second-order valence-corrected chi connectivity index (χ2v) is 4.95. The first-order valence-electron chi connectivity index (χ1n) is 6.79. The molecule has 0 bridgehead atoms. The third-order valence-corrected chi connectivity index (χ3v) is 3.30. The Hall–Kier alpha value is -2.05. The molecular formula is C18H18FNS. The van der Waals surface area contributed by atoms with Crippen molar-refractivity contribution in [2.45, 2.75) is 25.7 Å². The molecule has 0 saturated carbocycles. The highest BCUT2D eigenvalue weighted by Crippen LogP contribution is 2.22. The van der Waals surface area contributed by atoms with E-state index in [2.05, 4.69) is 0 Å². The van der Waals surface area contributed by atoms with Gasteiger partial charge in [-0.05, 0) is 41.9 Å². The van der Waals surface area contributed by atoms with Crippen LogP contribution >= 0.6 is 11.8 Å². The van der Waals surface area contributed by atoms with Gasteiger partial charge in [0.1, 0.15) is 11.2 Å². The SMILES string of the molecule is CC.Cc1ccc(C=Cc2ccc(SC#N)c(F)c2)cc1. The van der Waals surface area contributed by atoms with Crippen molar-refractivity contribution in [3.05, 3.63) is 65.0 Å². The molecule has 21 heavy (non-hydrogen) atoms. The van der Waals surface area contributed by atoms with E-state index in [0.717, 1.165) is 22.9 Å². The van der Waals surface area contributed by atoms with Gasteiger partial charge in [-0.3, -0.25) is 0 Å². The number of hydrogen-bond acceptors (Lipinski definition) is 2. The Kier molecular flexibility index (Phi) is 7.28. The molecule has 0 aliphatic rings. The first kappa shape index (κ1) is 17.0. The van der Waals surface area contributed by atoms with Gasteiger partial charge in [-0.2, -0.15) is 5.26 Å². The fraction of sp³-hybridized carbons (Fsp3) is 0.167. The first-order valence-corrected chi connectivity index (χ1v) is 7.61. The van der Waals surface area contributed by atoms with Crippen LogP contribution in [0.15, 0.2) is 47.4 Å². The summed E-state index contributed by atoms with van der Waals surface area (Å²) in [6.45, 7) is 6.04. The Morgan fingerprint density at radius 1 is 1.00 bits per heavy atom. The van der Waals surface area contributed by atoms with Gasteiger partial charge in [0.05, 0.1) is 4.90 Å². The van der Waals surface area contributed by atoms with Gasteiger partial charge in [0.2, 0.25) is 0 Å². The molecule has 0 saturated heterocycles. The Balaban J connectivity index is 0.00000106. The van der Waals surface area contributed by atoms with Crippen LogP contribution in [-0.2, 0) is 0 Å². The number of thioether (sulfide) groups is 1. The molecule has 0 fully saturated rings. The fourth-order valence-electron chi connectivity index (χ4n) is 1.62. The number of nitriles is 1. The third kappa shape index (κ3) is 5.45. The second-order valence-electron chi connectivity index (χ2n) is 4.13. The van der Waals surface area contributed by atoms with Crippen molar-refractivity contribution in [2.24, 2.45) is 0 Å². The molecule has 0 spiro atoms. The molecule has 2 aromatic rings. The average molecular weight is 299 g/mol. The maximum atomic E-state index is 13.6. The summed E-state index contributed by atoms with van der Waals surface area (Å²) in [5.74, 6) is -0.363. The van der Waals surface area contributed by atoms with Gasteiger partial charge in [-0.15, -0.1) is 0 Å². The molecule has 3 heteroatoms. The number of halogens is 1. The molecule has 108 valence electrons. The molecule has 0 amide bonds. The largest absolute Gasteiger partial charge is 0.206 e. The van der Waals surface area contributed by atoms with Crippen molar-refractivity contribution in [1.82, 2.24) is 0 Å². The Morgan fingerprint density at radius 3 is 2.14 bits per heavy atom. The monoisotopic (exact) mass is 299 g/mol. The van der Waals surface area contributed by atoms with Crippen LogP contribution in [0, 0.1) is 23.4 Å². The lowest BCUT2D eigenvalue weighted by Crippen LogP contribution is -1.81. The standard InChI is InChI=1S/C16H12FNS.C2H6/c1-12-2-4-13(5-3-12)6-7-14-8-9-16(19-11-18)15(17)10-14;1-2/h2-10H,1H3;1-2H3. The normalized spacial score (nSPS) is 9.86.